The van der Waals surface area contributed by atoms with Gasteiger partial charge >= 0.3 is 0 Å². The zero-order chi connectivity index (χ0) is 14.7. The van der Waals surface area contributed by atoms with Gasteiger partial charge in [-0.25, -0.2) is 0 Å². The number of nitrogens with one attached hydrogen (secondary N) is 2. The summed E-state index contributed by atoms with van der Waals surface area (Å²) in [5.41, 5.74) is 1.15. The summed E-state index contributed by atoms with van der Waals surface area (Å²) < 4.78 is 1.84. The molecule has 0 saturated carbocycles. The van der Waals surface area contributed by atoms with Gasteiger partial charge in [0.05, 0.1) is 12.6 Å². The van der Waals surface area contributed by atoms with E-state index in [1.165, 1.54) is 11.8 Å². The summed E-state index contributed by atoms with van der Waals surface area (Å²) in [6.45, 7) is 1.13. The van der Waals surface area contributed by atoms with E-state index in [4.69, 9.17) is 12.2 Å². The van der Waals surface area contributed by atoms with Crippen LogP contribution >= 0.6 is 24.0 Å². The van der Waals surface area contributed by atoms with E-state index in [2.05, 4.69) is 20.8 Å². The molecule has 21 heavy (non-hydrogen) atoms. The van der Waals surface area contributed by atoms with E-state index in [1.807, 2.05) is 34.9 Å². The van der Waals surface area contributed by atoms with Crippen molar-refractivity contribution in [2.24, 2.45) is 0 Å². The van der Waals surface area contributed by atoms with E-state index in [9.17, 15) is 5.11 Å². The molecule has 0 saturated heterocycles. The lowest BCUT2D eigenvalue weighted by Gasteiger charge is -2.19. The van der Waals surface area contributed by atoms with Crippen LogP contribution in [0.2, 0.25) is 0 Å². The summed E-state index contributed by atoms with van der Waals surface area (Å²) in [7, 11) is 0. The first-order valence-electron chi connectivity index (χ1n) is 6.55. The van der Waals surface area contributed by atoms with Crippen LogP contribution in [0, 0.1) is 0 Å². The standard InChI is InChI=1S/C13H15N5OS2/c19-10-7-18-11(16-17-13(18)21-8-10)15-12(20)14-6-9-4-2-1-3-5-9/h1-5,10,19H,6-8H2,(H2,14,15,16,20)/t10-/m0/s1. The van der Waals surface area contributed by atoms with Crippen LogP contribution in [0.3, 0.4) is 0 Å². The Bertz CT molecular complexity index is 631. The van der Waals surface area contributed by atoms with Crippen LogP contribution in [0.25, 0.3) is 0 Å². The molecule has 1 aromatic carbocycles. The Kier molecular flexibility index (Phi) is 4.37. The highest BCUT2D eigenvalue weighted by Gasteiger charge is 2.22. The van der Waals surface area contributed by atoms with Crippen molar-refractivity contribution in [2.75, 3.05) is 11.1 Å². The minimum atomic E-state index is -0.384. The molecule has 8 heteroatoms. The molecule has 2 aromatic rings. The summed E-state index contributed by atoms with van der Waals surface area (Å²) in [6.07, 6.45) is -0.384. The molecule has 0 spiro atoms. The Morgan fingerprint density at radius 2 is 2.19 bits per heavy atom. The Labute approximate surface area is 132 Å². The molecular weight excluding hydrogens is 306 g/mol. The minimum Gasteiger partial charge on any atom is -0.390 e. The Morgan fingerprint density at radius 1 is 1.38 bits per heavy atom. The molecule has 0 aliphatic carbocycles. The highest BCUT2D eigenvalue weighted by Crippen LogP contribution is 2.25. The average Bonchev–Trinajstić information content (AvgIpc) is 2.88. The quantitative estimate of drug-likeness (QED) is 0.734. The first-order chi connectivity index (χ1) is 10.2. The third-order valence-electron chi connectivity index (χ3n) is 3.04. The molecular formula is C13H15N5OS2. The van der Waals surface area contributed by atoms with Gasteiger partial charge in [-0.05, 0) is 17.8 Å². The van der Waals surface area contributed by atoms with E-state index in [0.29, 0.717) is 29.9 Å². The molecule has 0 amide bonds. The van der Waals surface area contributed by atoms with Gasteiger partial charge in [0.1, 0.15) is 0 Å². The monoisotopic (exact) mass is 321 g/mol. The number of hydrogen-bond acceptors (Lipinski definition) is 5. The number of aromatic nitrogens is 3. The third kappa shape index (κ3) is 3.52. The van der Waals surface area contributed by atoms with E-state index >= 15 is 0 Å². The number of hydrogen-bond donors (Lipinski definition) is 3. The molecule has 3 rings (SSSR count). The lowest BCUT2D eigenvalue weighted by atomic mass is 10.2. The SMILES string of the molecule is O[C@@H]1CSc2nnc(NC(=S)NCc3ccccc3)n2C1. The molecule has 110 valence electrons. The van der Waals surface area contributed by atoms with Crippen LogP contribution in [-0.2, 0) is 13.1 Å². The summed E-state index contributed by atoms with van der Waals surface area (Å²) in [4.78, 5) is 0. The lowest BCUT2D eigenvalue weighted by molar-refractivity contribution is 0.171. The van der Waals surface area contributed by atoms with Gasteiger partial charge in [0.2, 0.25) is 5.95 Å². The molecule has 0 bridgehead atoms. The van der Waals surface area contributed by atoms with Gasteiger partial charge < -0.3 is 15.7 Å². The van der Waals surface area contributed by atoms with Crippen molar-refractivity contribution in [3.8, 4) is 0 Å². The van der Waals surface area contributed by atoms with Crippen molar-refractivity contribution in [2.45, 2.75) is 24.3 Å². The fourth-order valence-electron chi connectivity index (χ4n) is 2.01. The van der Waals surface area contributed by atoms with E-state index in [0.717, 1.165) is 10.7 Å². The van der Waals surface area contributed by atoms with Crippen LogP contribution in [-0.4, -0.2) is 36.8 Å². The maximum absolute atomic E-state index is 9.71. The summed E-state index contributed by atoms with van der Waals surface area (Å²) >= 11 is 6.75. The second-order valence-electron chi connectivity index (χ2n) is 4.67. The Balaban J connectivity index is 1.59. The number of fused-ring (bicyclic) bond motifs is 1. The number of thiocarbonyl (C=S) groups is 1. The number of nitrogens with zero attached hydrogens (tertiary/aromatic N) is 3. The predicted octanol–water partition coefficient (Wildman–Crippen LogP) is 1.23. The van der Waals surface area contributed by atoms with E-state index < -0.39 is 0 Å². The molecule has 1 aliphatic rings. The maximum atomic E-state index is 9.71. The van der Waals surface area contributed by atoms with Gasteiger partial charge in [-0.1, -0.05) is 42.1 Å². The largest absolute Gasteiger partial charge is 0.390 e. The van der Waals surface area contributed by atoms with Gasteiger partial charge in [-0.15, -0.1) is 10.2 Å². The van der Waals surface area contributed by atoms with Gasteiger partial charge in [0.25, 0.3) is 0 Å². The van der Waals surface area contributed by atoms with E-state index in [1.54, 1.807) is 0 Å². The fraction of sp³-hybridized carbons (Fsp3) is 0.308. The topological polar surface area (TPSA) is 75.0 Å². The van der Waals surface area contributed by atoms with Crippen LogP contribution in [0.15, 0.2) is 35.5 Å². The molecule has 0 unspecified atom stereocenters. The van der Waals surface area contributed by atoms with Gasteiger partial charge in [-0.2, -0.15) is 0 Å². The smallest absolute Gasteiger partial charge is 0.231 e. The molecule has 3 N–H and O–H groups in total. The van der Waals surface area contributed by atoms with Gasteiger partial charge in [0.15, 0.2) is 10.3 Å². The Morgan fingerprint density at radius 3 is 3.00 bits per heavy atom. The first-order valence-corrected chi connectivity index (χ1v) is 7.94. The number of rotatable bonds is 3. The second kappa shape index (κ2) is 6.42. The van der Waals surface area contributed by atoms with Crippen molar-refractivity contribution in [3.63, 3.8) is 0 Å². The summed E-state index contributed by atoms with van der Waals surface area (Å²) in [6, 6.07) is 10.0. The first kappa shape index (κ1) is 14.3. The number of anilines is 1. The van der Waals surface area contributed by atoms with Gasteiger partial charge in [0, 0.05) is 12.3 Å². The molecule has 0 radical (unpaired) electrons. The lowest BCUT2D eigenvalue weighted by Crippen LogP contribution is -2.31. The van der Waals surface area contributed by atoms with Crippen molar-refractivity contribution in [1.29, 1.82) is 0 Å². The van der Waals surface area contributed by atoms with Crippen LogP contribution in [0.1, 0.15) is 5.56 Å². The molecule has 1 atom stereocenters. The van der Waals surface area contributed by atoms with Crippen molar-refractivity contribution >= 4 is 35.0 Å². The highest BCUT2D eigenvalue weighted by molar-refractivity contribution is 7.99. The van der Waals surface area contributed by atoms with Crippen molar-refractivity contribution in [3.05, 3.63) is 35.9 Å². The molecule has 6 nitrogen and oxygen atoms in total. The third-order valence-corrected chi connectivity index (χ3v) is 4.39. The molecule has 1 aromatic heterocycles. The molecule has 2 heterocycles. The molecule has 1 aliphatic heterocycles. The minimum absolute atomic E-state index is 0.384. The van der Waals surface area contributed by atoms with Crippen LogP contribution < -0.4 is 10.6 Å². The fourth-order valence-corrected chi connectivity index (χ4v) is 3.04. The van der Waals surface area contributed by atoms with Crippen molar-refractivity contribution in [1.82, 2.24) is 20.1 Å². The number of thioether (sulfide) groups is 1. The van der Waals surface area contributed by atoms with Crippen LogP contribution in [0.4, 0.5) is 5.95 Å². The number of aliphatic hydroxyl groups excluding tert-OH is 1. The van der Waals surface area contributed by atoms with Crippen molar-refractivity contribution < 1.29 is 5.11 Å². The summed E-state index contributed by atoms with van der Waals surface area (Å²) in [5.74, 6) is 1.20. The number of aliphatic hydroxyl groups is 1. The summed E-state index contributed by atoms with van der Waals surface area (Å²) in [5, 5.41) is 25.3. The van der Waals surface area contributed by atoms with Crippen LogP contribution in [0.5, 0.6) is 0 Å². The highest BCUT2D eigenvalue weighted by atomic mass is 32.2. The van der Waals surface area contributed by atoms with E-state index in [-0.39, 0.29) is 6.10 Å². The number of benzene rings is 1. The zero-order valence-corrected chi connectivity index (χ0v) is 12.8. The molecule has 0 fully saturated rings. The normalized spacial score (nSPS) is 17.1. The second-order valence-corrected chi connectivity index (χ2v) is 6.07. The average molecular weight is 321 g/mol. The van der Waals surface area contributed by atoms with Gasteiger partial charge in [-0.3, -0.25) is 4.57 Å². The Hall–Kier alpha value is -1.64. The maximum Gasteiger partial charge on any atom is 0.231 e. The zero-order valence-electron chi connectivity index (χ0n) is 11.2. The predicted molar refractivity (Wildman–Crippen MR) is 86.3 cm³/mol.